The summed E-state index contributed by atoms with van der Waals surface area (Å²) in [5.74, 6) is -0.515. The first-order valence-corrected chi connectivity index (χ1v) is 11.9. The van der Waals surface area contributed by atoms with Gasteiger partial charge in [-0.1, -0.05) is 6.07 Å². The van der Waals surface area contributed by atoms with Crippen molar-refractivity contribution in [2.45, 2.75) is 54.4 Å². The zero-order valence-electron chi connectivity index (χ0n) is 14.7. The number of alkyl halides is 4. The molecule has 0 aliphatic heterocycles. The Labute approximate surface area is 161 Å². The van der Waals surface area contributed by atoms with Gasteiger partial charge in [-0.3, -0.25) is 0 Å². The molecule has 4 nitrogen and oxygen atoms in total. The van der Waals surface area contributed by atoms with Crippen molar-refractivity contribution in [2.75, 3.05) is 0 Å². The van der Waals surface area contributed by atoms with E-state index in [0.29, 0.717) is 6.42 Å². The highest BCUT2D eigenvalue weighted by Crippen LogP contribution is 2.63. The van der Waals surface area contributed by atoms with Gasteiger partial charge in [0.05, 0.1) is 9.33 Å². The molecule has 2 unspecified atom stereocenters. The van der Waals surface area contributed by atoms with Gasteiger partial charge in [0.2, 0.25) is 9.84 Å². The van der Waals surface area contributed by atoms with E-state index < -0.39 is 52.2 Å². The zero-order valence-corrected chi connectivity index (χ0v) is 16.4. The zero-order chi connectivity index (χ0) is 20.6. The lowest BCUT2D eigenvalue weighted by Gasteiger charge is -2.59. The molecular weight excluding hydrogens is 420 g/mol. The summed E-state index contributed by atoms with van der Waals surface area (Å²) in [4.78, 5) is 0. The third kappa shape index (κ3) is 2.78. The maximum Gasteiger partial charge on any atom is 0.491 e. The Morgan fingerprint density at radius 1 is 0.929 bits per heavy atom. The maximum absolute atomic E-state index is 15.2. The van der Waals surface area contributed by atoms with Crippen LogP contribution in [0.3, 0.4) is 0 Å². The van der Waals surface area contributed by atoms with Gasteiger partial charge < -0.3 is 0 Å². The van der Waals surface area contributed by atoms with Gasteiger partial charge in [-0.2, -0.15) is 30.9 Å². The molecule has 1 aromatic rings. The highest BCUT2D eigenvalue weighted by molar-refractivity contribution is 8.14. The molecule has 4 aliphatic carbocycles. The van der Waals surface area contributed by atoms with E-state index in [1.54, 1.807) is 0 Å². The summed E-state index contributed by atoms with van der Waals surface area (Å²) >= 11 is 0. The average Bonchev–Trinajstić information content (AvgIpc) is 2.51. The van der Waals surface area contributed by atoms with E-state index >= 15 is 4.39 Å². The number of hydrogen-bond donors (Lipinski definition) is 0. The molecule has 10 heteroatoms. The summed E-state index contributed by atoms with van der Waals surface area (Å²) in [6, 6.07) is 6.04. The van der Waals surface area contributed by atoms with Crippen LogP contribution in [0, 0.1) is 16.4 Å². The van der Waals surface area contributed by atoms with Crippen LogP contribution in [0.1, 0.15) is 44.1 Å². The summed E-state index contributed by atoms with van der Waals surface area (Å²) in [5, 5.41) is 0. The minimum Gasteiger partial charge on any atom is -0.244 e. The predicted octanol–water partition coefficient (Wildman–Crippen LogP) is 3.93. The molecule has 4 saturated carbocycles. The van der Waals surface area contributed by atoms with Crippen LogP contribution < -0.4 is 0 Å². The van der Waals surface area contributed by atoms with Crippen LogP contribution >= 0.6 is 0 Å². The van der Waals surface area contributed by atoms with E-state index in [9.17, 15) is 30.0 Å². The quantitative estimate of drug-likeness (QED) is 0.527. The van der Waals surface area contributed by atoms with Gasteiger partial charge in [-0.25, -0.2) is 21.2 Å². The standard InChI is InChI=1S/C18H19F4O4S2/c19-16-7-12-6-13(8-16)10-17(9-12,11-16)27(23,24)15(14-4-2-1-3-5-14)28(25,26)18(20,21)22/h1-5,12-13H,6-11H2/q-1. The summed E-state index contributed by atoms with van der Waals surface area (Å²) in [6.07, 6.45) is 0.567. The van der Waals surface area contributed by atoms with Crippen LogP contribution in [0.4, 0.5) is 17.6 Å². The largest absolute Gasteiger partial charge is 0.491 e. The lowest BCUT2D eigenvalue weighted by atomic mass is 9.54. The van der Waals surface area contributed by atoms with Crippen molar-refractivity contribution < 1.29 is 34.4 Å². The monoisotopic (exact) mass is 439 g/mol. The molecule has 156 valence electrons. The van der Waals surface area contributed by atoms with Crippen molar-refractivity contribution in [3.8, 4) is 0 Å². The van der Waals surface area contributed by atoms with Gasteiger partial charge in [0.1, 0.15) is 15.5 Å². The van der Waals surface area contributed by atoms with Crippen LogP contribution in [0.2, 0.25) is 0 Å². The van der Waals surface area contributed by atoms with Crippen molar-refractivity contribution in [1.29, 1.82) is 0 Å². The summed E-state index contributed by atoms with van der Waals surface area (Å²) in [6.45, 7) is 0. The van der Waals surface area contributed by atoms with Gasteiger partial charge in [0.25, 0.3) is 0 Å². The highest BCUT2D eigenvalue weighted by Gasteiger charge is 2.66. The van der Waals surface area contributed by atoms with E-state index in [-0.39, 0.29) is 37.5 Å². The topological polar surface area (TPSA) is 68.3 Å². The first-order chi connectivity index (χ1) is 12.8. The minimum atomic E-state index is -6.16. The normalized spacial score (nSPS) is 35.1. The Hall–Kier alpha value is -1.29. The van der Waals surface area contributed by atoms with Gasteiger partial charge in [0.15, 0.2) is 0 Å². The van der Waals surface area contributed by atoms with Gasteiger partial charge in [0, 0.05) is 6.42 Å². The highest BCUT2D eigenvalue weighted by atomic mass is 32.3. The SMILES string of the molecule is O=S(=O)([C-](c1ccccc1)S(=O)(=O)C12CC3CC(CC(F)(C3)C1)C2)C(F)(F)F. The summed E-state index contributed by atoms with van der Waals surface area (Å²) in [5.41, 5.74) is -8.08. The fraction of sp³-hybridized carbons (Fsp3) is 0.611. The van der Waals surface area contributed by atoms with E-state index in [1.807, 2.05) is 0 Å². The molecule has 5 rings (SSSR count). The number of rotatable bonds is 4. The summed E-state index contributed by atoms with van der Waals surface area (Å²) < 4.78 is 104. The second-order valence-electron chi connectivity index (χ2n) is 8.40. The second kappa shape index (κ2) is 5.87. The summed E-state index contributed by atoms with van der Waals surface area (Å²) in [7, 11) is -11.1. The van der Waals surface area contributed by atoms with Crippen LogP contribution in [0.15, 0.2) is 30.3 Å². The van der Waals surface area contributed by atoms with Crippen LogP contribution in [-0.2, 0) is 19.7 Å². The first-order valence-electron chi connectivity index (χ1n) is 8.97. The average molecular weight is 439 g/mol. The third-order valence-electron chi connectivity index (χ3n) is 6.31. The van der Waals surface area contributed by atoms with Crippen molar-refractivity contribution in [2.24, 2.45) is 11.8 Å². The molecule has 0 saturated heterocycles. The molecule has 0 heterocycles. The molecule has 4 aliphatic rings. The molecule has 2 atom stereocenters. The molecule has 0 N–H and O–H groups in total. The lowest BCUT2D eigenvalue weighted by molar-refractivity contribution is -0.0621. The van der Waals surface area contributed by atoms with Crippen LogP contribution in [0.25, 0.3) is 0 Å². The van der Waals surface area contributed by atoms with Crippen LogP contribution in [0.5, 0.6) is 0 Å². The van der Waals surface area contributed by atoms with E-state index in [1.165, 1.54) is 18.2 Å². The number of sulfone groups is 2. The molecular formula is C18H19F4O4S2-. The Morgan fingerprint density at radius 2 is 1.46 bits per heavy atom. The van der Waals surface area contributed by atoms with E-state index in [4.69, 9.17) is 0 Å². The van der Waals surface area contributed by atoms with Gasteiger partial charge in [-0.15, -0.1) is 12.1 Å². The third-order valence-corrected chi connectivity index (χ3v) is 11.3. The molecule has 0 amide bonds. The Balaban J connectivity index is 1.90. The van der Waals surface area contributed by atoms with Gasteiger partial charge in [-0.05, 0) is 43.9 Å². The smallest absolute Gasteiger partial charge is 0.244 e. The number of halogens is 4. The Bertz CT molecular complexity index is 972. The van der Waals surface area contributed by atoms with E-state index in [2.05, 4.69) is 0 Å². The maximum atomic E-state index is 15.2. The van der Waals surface area contributed by atoms with Gasteiger partial charge >= 0.3 is 5.51 Å². The molecule has 0 aromatic heterocycles. The first kappa shape index (κ1) is 20.0. The Kier molecular flexibility index (Phi) is 4.19. The lowest BCUT2D eigenvalue weighted by Crippen LogP contribution is -2.61. The van der Waals surface area contributed by atoms with Crippen molar-refractivity contribution in [3.05, 3.63) is 40.5 Å². The van der Waals surface area contributed by atoms with Crippen LogP contribution in [-0.4, -0.2) is 32.8 Å². The predicted molar refractivity (Wildman–Crippen MR) is 93.9 cm³/mol. The number of hydrogen-bond acceptors (Lipinski definition) is 4. The fourth-order valence-electron chi connectivity index (χ4n) is 5.71. The fourth-order valence-corrected chi connectivity index (χ4v) is 10.5. The van der Waals surface area contributed by atoms with E-state index in [0.717, 1.165) is 12.1 Å². The Morgan fingerprint density at radius 3 is 1.93 bits per heavy atom. The van der Waals surface area contributed by atoms with Crippen molar-refractivity contribution >= 4 is 19.7 Å². The minimum absolute atomic E-state index is 0.00120. The molecule has 4 bridgehead atoms. The molecule has 0 radical (unpaired) electrons. The second-order valence-corrected chi connectivity index (χ2v) is 12.8. The molecule has 1 aromatic carbocycles. The van der Waals surface area contributed by atoms with Crippen molar-refractivity contribution in [3.63, 3.8) is 0 Å². The number of benzene rings is 1. The molecule has 4 fully saturated rings. The van der Waals surface area contributed by atoms with Crippen molar-refractivity contribution in [1.82, 2.24) is 0 Å². The molecule has 0 spiro atoms. The molecule has 28 heavy (non-hydrogen) atoms.